The number of carbonyl (C=O) groups is 1. The van der Waals surface area contributed by atoms with Crippen LogP contribution in [0.5, 0.6) is 0 Å². The van der Waals surface area contributed by atoms with E-state index in [1.807, 2.05) is 18.2 Å². The van der Waals surface area contributed by atoms with Gasteiger partial charge in [0.1, 0.15) is 0 Å². The highest BCUT2D eigenvalue weighted by atomic mass is 32.2. The topological polar surface area (TPSA) is 68.0 Å². The maximum atomic E-state index is 13.0. The average molecular weight is 466 g/mol. The molecule has 3 N–H and O–H groups in total. The normalized spacial score (nSPS) is 13.0. The summed E-state index contributed by atoms with van der Waals surface area (Å²) in [6, 6.07) is 14.5. The van der Waals surface area contributed by atoms with E-state index in [0.29, 0.717) is 11.6 Å². The summed E-state index contributed by atoms with van der Waals surface area (Å²) >= 11 is 3.11. The Hall–Kier alpha value is -2.57. The molecular weight excluding hydrogens is 434 g/mol. The molecule has 0 aliphatic heterocycles. The zero-order valence-electron chi connectivity index (χ0n) is 19.4. The van der Waals surface area contributed by atoms with Crippen molar-refractivity contribution in [1.29, 1.82) is 0 Å². The fourth-order valence-corrected chi connectivity index (χ4v) is 5.25. The molecule has 0 aliphatic carbocycles. The molecule has 1 amide bonds. The summed E-state index contributed by atoms with van der Waals surface area (Å²) in [5, 5.41) is 4.66. The number of carbonyl (C=O) groups excluding carboxylic acids is 1. The summed E-state index contributed by atoms with van der Waals surface area (Å²) in [7, 11) is 0. The number of rotatable bonds is 8. The molecule has 4 nitrogen and oxygen atoms in total. The predicted octanol–water partition coefficient (Wildman–Crippen LogP) is 7.06. The van der Waals surface area contributed by atoms with Crippen molar-refractivity contribution in [2.24, 2.45) is 0 Å². The summed E-state index contributed by atoms with van der Waals surface area (Å²) < 4.78 is 1.01. The monoisotopic (exact) mass is 465 g/mol. The highest BCUT2D eigenvalue weighted by Gasteiger charge is 2.15. The number of hydrogen-bond donors (Lipinski definition) is 2. The van der Waals surface area contributed by atoms with E-state index in [1.54, 1.807) is 11.8 Å². The Morgan fingerprint density at radius 3 is 2.41 bits per heavy atom. The Bertz CT molecular complexity index is 1170. The Kier molecular flexibility index (Phi) is 8.15. The van der Waals surface area contributed by atoms with Crippen LogP contribution in [0.2, 0.25) is 0 Å². The van der Waals surface area contributed by atoms with Gasteiger partial charge in [-0.2, -0.15) is 0 Å². The van der Waals surface area contributed by atoms with E-state index >= 15 is 0 Å². The highest BCUT2D eigenvalue weighted by molar-refractivity contribution is 8.11. The molecule has 3 rings (SSSR count). The second kappa shape index (κ2) is 10.8. The standard InChI is InChI=1S/C26H31N3OS2/c1-6-17(4)24(20-11-8-16(3)9-12-20)32-25(18(5)7-2)29-23(30)15-19-10-13-21-22(14-19)31-26(27)28-21/h8-14H,6-7,15H2,1-5H3,(H2,27,28)(H,29,30)/b24-17-,25-18+. The Balaban J connectivity index is 1.82. The average Bonchev–Trinajstić information content (AvgIpc) is 3.15. The zero-order chi connectivity index (χ0) is 23.3. The second-order valence-corrected chi connectivity index (χ2v) is 10.1. The van der Waals surface area contributed by atoms with Gasteiger partial charge in [0, 0.05) is 4.91 Å². The first-order chi connectivity index (χ1) is 15.3. The molecule has 0 aliphatic rings. The number of thiazole rings is 1. The van der Waals surface area contributed by atoms with E-state index in [9.17, 15) is 4.79 Å². The molecule has 0 saturated carbocycles. The molecule has 6 heteroatoms. The smallest absolute Gasteiger partial charge is 0.229 e. The Labute approximate surface area is 199 Å². The number of allylic oxidation sites excluding steroid dienone is 2. The van der Waals surface area contributed by atoms with Crippen molar-refractivity contribution in [2.45, 2.75) is 53.9 Å². The van der Waals surface area contributed by atoms with Crippen LogP contribution in [0.15, 0.2) is 58.6 Å². The van der Waals surface area contributed by atoms with E-state index in [2.05, 4.69) is 69.2 Å². The number of nitrogen functional groups attached to an aromatic ring is 1. The van der Waals surface area contributed by atoms with E-state index in [-0.39, 0.29) is 5.91 Å². The minimum Gasteiger partial charge on any atom is -0.375 e. The number of fused-ring (bicyclic) bond motifs is 1. The number of nitrogens with two attached hydrogens (primary N) is 1. The first-order valence-corrected chi connectivity index (χ1v) is 12.5. The van der Waals surface area contributed by atoms with E-state index in [4.69, 9.17) is 5.73 Å². The lowest BCUT2D eigenvalue weighted by Crippen LogP contribution is -2.24. The molecule has 168 valence electrons. The molecule has 0 spiro atoms. The first-order valence-electron chi connectivity index (χ1n) is 10.9. The molecule has 32 heavy (non-hydrogen) atoms. The SMILES string of the molecule is CC/C(C)=C(\S/C(NC(=O)Cc1ccc2nc(N)sc2c1)=C(\C)CC)c1ccc(C)cc1. The third-order valence-electron chi connectivity index (χ3n) is 5.44. The van der Waals surface area contributed by atoms with Crippen molar-refractivity contribution in [3.63, 3.8) is 0 Å². The zero-order valence-corrected chi connectivity index (χ0v) is 21.0. The van der Waals surface area contributed by atoms with Crippen LogP contribution in [0, 0.1) is 6.92 Å². The number of aryl methyl sites for hydroxylation is 1. The molecule has 0 atom stereocenters. The molecule has 2 aromatic carbocycles. The molecule has 0 bridgehead atoms. The van der Waals surface area contributed by atoms with Crippen LogP contribution in [0.3, 0.4) is 0 Å². The minimum atomic E-state index is -0.0189. The molecule has 0 radical (unpaired) electrons. The van der Waals surface area contributed by atoms with E-state index in [1.165, 1.54) is 38.5 Å². The summed E-state index contributed by atoms with van der Waals surface area (Å²) in [5.41, 5.74) is 12.5. The number of hydrogen-bond acceptors (Lipinski definition) is 5. The molecular formula is C26H31N3OS2. The van der Waals surface area contributed by atoms with Crippen molar-refractivity contribution in [3.05, 3.63) is 75.3 Å². The van der Waals surface area contributed by atoms with Gasteiger partial charge in [0.05, 0.1) is 21.7 Å². The van der Waals surface area contributed by atoms with Crippen LogP contribution >= 0.6 is 23.1 Å². The summed E-state index contributed by atoms with van der Waals surface area (Å²) in [5.74, 6) is -0.0189. The summed E-state index contributed by atoms with van der Waals surface area (Å²) in [6.07, 6.45) is 2.15. The molecule has 3 aromatic rings. The fourth-order valence-electron chi connectivity index (χ4n) is 3.19. The molecule has 0 unspecified atom stereocenters. The van der Waals surface area contributed by atoms with Gasteiger partial charge in [0.2, 0.25) is 5.91 Å². The quantitative estimate of drug-likeness (QED) is 0.373. The maximum absolute atomic E-state index is 13.0. The van der Waals surface area contributed by atoms with Crippen LogP contribution in [0.4, 0.5) is 5.13 Å². The van der Waals surface area contributed by atoms with Crippen LogP contribution < -0.4 is 11.1 Å². The number of amides is 1. The Morgan fingerprint density at radius 1 is 1.06 bits per heavy atom. The number of nitrogens with one attached hydrogen (secondary N) is 1. The second-order valence-electron chi connectivity index (χ2n) is 7.97. The largest absolute Gasteiger partial charge is 0.375 e. The number of aromatic nitrogens is 1. The Morgan fingerprint density at radius 2 is 1.75 bits per heavy atom. The number of benzene rings is 2. The summed E-state index contributed by atoms with van der Waals surface area (Å²) in [4.78, 5) is 18.5. The minimum absolute atomic E-state index is 0.0189. The van der Waals surface area contributed by atoms with Gasteiger partial charge in [0.25, 0.3) is 0 Å². The molecule has 0 saturated heterocycles. The number of anilines is 1. The lowest BCUT2D eigenvalue weighted by Gasteiger charge is -2.17. The molecule has 0 fully saturated rings. The van der Waals surface area contributed by atoms with Crippen LogP contribution in [0.1, 0.15) is 57.2 Å². The lowest BCUT2D eigenvalue weighted by molar-refractivity contribution is -0.119. The third kappa shape index (κ3) is 6.02. The third-order valence-corrected chi connectivity index (χ3v) is 7.73. The van der Waals surface area contributed by atoms with Gasteiger partial charge in [-0.3, -0.25) is 4.79 Å². The summed E-state index contributed by atoms with van der Waals surface area (Å²) in [6.45, 7) is 10.6. The van der Waals surface area contributed by atoms with Crippen LogP contribution in [-0.4, -0.2) is 10.9 Å². The van der Waals surface area contributed by atoms with Gasteiger partial charge in [-0.25, -0.2) is 4.98 Å². The van der Waals surface area contributed by atoms with Gasteiger partial charge < -0.3 is 11.1 Å². The van der Waals surface area contributed by atoms with Gasteiger partial charge in [-0.15, -0.1) is 0 Å². The number of thioether (sulfide) groups is 1. The highest BCUT2D eigenvalue weighted by Crippen LogP contribution is 2.38. The van der Waals surface area contributed by atoms with Crippen molar-refractivity contribution >= 4 is 49.3 Å². The van der Waals surface area contributed by atoms with Crippen LogP contribution in [-0.2, 0) is 11.2 Å². The maximum Gasteiger partial charge on any atom is 0.229 e. The molecule has 1 aromatic heterocycles. The molecule has 1 heterocycles. The van der Waals surface area contributed by atoms with Crippen molar-refractivity contribution < 1.29 is 4.79 Å². The number of nitrogens with zero attached hydrogens (tertiary/aromatic N) is 1. The predicted molar refractivity (Wildman–Crippen MR) is 141 cm³/mol. The van der Waals surface area contributed by atoms with Gasteiger partial charge in [0.15, 0.2) is 5.13 Å². The van der Waals surface area contributed by atoms with Gasteiger partial charge >= 0.3 is 0 Å². The fraction of sp³-hybridized carbons (Fsp3) is 0.308. The van der Waals surface area contributed by atoms with E-state index in [0.717, 1.165) is 33.7 Å². The lowest BCUT2D eigenvalue weighted by atomic mass is 10.1. The first kappa shape index (κ1) is 24.1. The van der Waals surface area contributed by atoms with Crippen molar-refractivity contribution in [2.75, 3.05) is 5.73 Å². The van der Waals surface area contributed by atoms with Crippen molar-refractivity contribution in [1.82, 2.24) is 10.3 Å². The van der Waals surface area contributed by atoms with Crippen molar-refractivity contribution in [3.8, 4) is 0 Å². The van der Waals surface area contributed by atoms with Gasteiger partial charge in [-0.1, -0.05) is 78.4 Å². The van der Waals surface area contributed by atoms with Gasteiger partial charge in [-0.05, 0) is 62.4 Å². The van der Waals surface area contributed by atoms with Crippen LogP contribution in [0.25, 0.3) is 15.1 Å². The van der Waals surface area contributed by atoms with E-state index < -0.39 is 0 Å².